The van der Waals surface area contributed by atoms with Crippen LogP contribution in [0.1, 0.15) is 41.3 Å². The number of benzene rings is 2. The van der Waals surface area contributed by atoms with Crippen LogP contribution in [0.15, 0.2) is 60.4 Å². The summed E-state index contributed by atoms with van der Waals surface area (Å²) in [4.78, 5) is 38.1. The number of hydrogen-bond donors (Lipinski definition) is 3. The van der Waals surface area contributed by atoms with Gasteiger partial charge >= 0.3 is 0 Å². The van der Waals surface area contributed by atoms with Crippen LogP contribution in [-0.4, -0.2) is 41.3 Å². The Bertz CT molecular complexity index is 1080. The van der Waals surface area contributed by atoms with E-state index in [4.69, 9.17) is 10.5 Å². The molecule has 33 heavy (non-hydrogen) atoms. The minimum absolute atomic E-state index is 0.161. The first-order chi connectivity index (χ1) is 15.9. The standard InChI is InChI=1S/C25H28N4O4/c1-16(12-17-6-3-2-4-7-17)27-13-18(26)15-33-22-9-5-8-19-20(22)14-29(25(19)32)21-10-11-23(30)28-24(21)31/h2-9,13,16,21,27H,10-12,14-15,26H2,1H3,(H,28,30,31)/b18-13-/t16-,21?/m0/s1. The number of fused-ring (bicyclic) bond motifs is 1. The van der Waals surface area contributed by atoms with Crippen LogP contribution < -0.4 is 21.1 Å². The number of hydrogen-bond acceptors (Lipinski definition) is 6. The van der Waals surface area contributed by atoms with E-state index in [0.29, 0.717) is 23.4 Å². The maximum Gasteiger partial charge on any atom is 0.255 e. The van der Waals surface area contributed by atoms with Gasteiger partial charge in [0.15, 0.2) is 0 Å². The van der Waals surface area contributed by atoms with Gasteiger partial charge in [-0.15, -0.1) is 0 Å². The van der Waals surface area contributed by atoms with Crippen molar-refractivity contribution in [2.75, 3.05) is 6.61 Å². The fourth-order valence-electron chi connectivity index (χ4n) is 4.17. The second-order valence-corrected chi connectivity index (χ2v) is 8.45. The van der Waals surface area contributed by atoms with Crippen molar-refractivity contribution in [3.63, 3.8) is 0 Å². The van der Waals surface area contributed by atoms with Crippen molar-refractivity contribution in [1.82, 2.24) is 15.5 Å². The summed E-state index contributed by atoms with van der Waals surface area (Å²) in [5.41, 5.74) is 9.13. The molecular weight excluding hydrogens is 420 g/mol. The Balaban J connectivity index is 1.36. The monoisotopic (exact) mass is 448 g/mol. The van der Waals surface area contributed by atoms with E-state index in [1.54, 1.807) is 24.4 Å². The highest BCUT2D eigenvalue weighted by atomic mass is 16.5. The van der Waals surface area contributed by atoms with Crippen LogP contribution in [0, 0.1) is 0 Å². The van der Waals surface area contributed by atoms with Gasteiger partial charge in [-0.3, -0.25) is 19.7 Å². The molecule has 4 N–H and O–H groups in total. The average molecular weight is 449 g/mol. The predicted octanol–water partition coefficient (Wildman–Crippen LogP) is 1.85. The molecule has 0 saturated carbocycles. The maximum atomic E-state index is 12.9. The topological polar surface area (TPSA) is 114 Å². The summed E-state index contributed by atoms with van der Waals surface area (Å²) in [6.07, 6.45) is 3.16. The third-order valence-electron chi connectivity index (χ3n) is 5.87. The van der Waals surface area contributed by atoms with E-state index in [1.165, 1.54) is 10.5 Å². The Morgan fingerprint density at radius 1 is 1.21 bits per heavy atom. The Kier molecular flexibility index (Phi) is 6.63. The van der Waals surface area contributed by atoms with Gasteiger partial charge in [0.05, 0.1) is 12.2 Å². The van der Waals surface area contributed by atoms with E-state index in [2.05, 4.69) is 29.7 Å². The maximum absolute atomic E-state index is 12.9. The number of rotatable bonds is 8. The van der Waals surface area contributed by atoms with Crippen LogP contribution in [0.3, 0.4) is 0 Å². The first-order valence-electron chi connectivity index (χ1n) is 11.1. The van der Waals surface area contributed by atoms with Gasteiger partial charge in [-0.2, -0.15) is 0 Å². The third-order valence-corrected chi connectivity index (χ3v) is 5.87. The molecule has 2 aliphatic rings. The van der Waals surface area contributed by atoms with E-state index in [1.807, 2.05) is 18.2 Å². The van der Waals surface area contributed by atoms with E-state index < -0.39 is 11.9 Å². The smallest absolute Gasteiger partial charge is 0.255 e. The van der Waals surface area contributed by atoms with E-state index in [-0.39, 0.29) is 37.4 Å². The molecule has 2 aliphatic heterocycles. The van der Waals surface area contributed by atoms with Crippen LogP contribution >= 0.6 is 0 Å². The predicted molar refractivity (Wildman–Crippen MR) is 123 cm³/mol. The highest BCUT2D eigenvalue weighted by Crippen LogP contribution is 2.33. The second kappa shape index (κ2) is 9.77. The van der Waals surface area contributed by atoms with Gasteiger partial charge < -0.3 is 20.7 Å². The number of nitrogens with zero attached hydrogens (tertiary/aromatic N) is 1. The minimum Gasteiger partial charge on any atom is -0.487 e. The van der Waals surface area contributed by atoms with E-state index in [9.17, 15) is 14.4 Å². The highest BCUT2D eigenvalue weighted by Gasteiger charge is 2.40. The van der Waals surface area contributed by atoms with Crippen molar-refractivity contribution >= 4 is 17.7 Å². The fraction of sp³-hybridized carbons (Fsp3) is 0.320. The number of carbonyl (C=O) groups is 3. The SMILES string of the molecule is C[C@@H](Cc1ccccc1)N/C=C(\N)COc1cccc2c1CN(C1CCC(=O)NC1=O)C2=O. The van der Waals surface area contributed by atoms with Crippen molar-refractivity contribution in [3.8, 4) is 5.75 Å². The molecule has 0 spiro atoms. The van der Waals surface area contributed by atoms with Gasteiger partial charge in [0.1, 0.15) is 18.4 Å². The zero-order valence-electron chi connectivity index (χ0n) is 18.5. The minimum atomic E-state index is -0.657. The highest BCUT2D eigenvalue weighted by molar-refractivity contribution is 6.05. The van der Waals surface area contributed by atoms with Crippen LogP contribution in [0.5, 0.6) is 5.75 Å². The summed E-state index contributed by atoms with van der Waals surface area (Å²) in [6.45, 7) is 2.50. The fourth-order valence-corrected chi connectivity index (χ4v) is 4.17. The van der Waals surface area contributed by atoms with Crippen molar-refractivity contribution in [2.24, 2.45) is 5.73 Å². The average Bonchev–Trinajstić information content (AvgIpc) is 3.14. The lowest BCUT2D eigenvalue weighted by atomic mass is 10.0. The Morgan fingerprint density at radius 2 is 2.00 bits per heavy atom. The van der Waals surface area contributed by atoms with Crippen molar-refractivity contribution < 1.29 is 19.1 Å². The molecule has 0 aliphatic carbocycles. The lowest BCUT2D eigenvalue weighted by Crippen LogP contribution is -2.52. The molecule has 0 aromatic heterocycles. The normalized spacial score (nSPS) is 19.2. The molecule has 4 rings (SSSR count). The number of amides is 3. The summed E-state index contributed by atoms with van der Waals surface area (Å²) in [5.74, 6) is -0.412. The van der Waals surface area contributed by atoms with Crippen LogP contribution in [-0.2, 0) is 22.6 Å². The molecule has 8 nitrogen and oxygen atoms in total. The zero-order valence-corrected chi connectivity index (χ0v) is 18.5. The lowest BCUT2D eigenvalue weighted by Gasteiger charge is -2.29. The Labute approximate surface area is 192 Å². The Morgan fingerprint density at radius 3 is 2.76 bits per heavy atom. The van der Waals surface area contributed by atoms with Crippen molar-refractivity contribution in [1.29, 1.82) is 0 Å². The first kappa shape index (κ1) is 22.4. The molecule has 8 heteroatoms. The molecular formula is C25H28N4O4. The molecule has 0 radical (unpaired) electrons. The van der Waals surface area contributed by atoms with Crippen LogP contribution in [0.2, 0.25) is 0 Å². The van der Waals surface area contributed by atoms with Gasteiger partial charge in [-0.05, 0) is 37.5 Å². The van der Waals surface area contributed by atoms with E-state index >= 15 is 0 Å². The molecule has 2 heterocycles. The number of nitrogens with one attached hydrogen (secondary N) is 2. The molecule has 1 fully saturated rings. The summed E-state index contributed by atoms with van der Waals surface area (Å²) >= 11 is 0. The second-order valence-electron chi connectivity index (χ2n) is 8.45. The number of carbonyl (C=O) groups excluding carboxylic acids is 3. The van der Waals surface area contributed by atoms with Gasteiger partial charge in [0, 0.05) is 29.8 Å². The van der Waals surface area contributed by atoms with Crippen LogP contribution in [0.25, 0.3) is 0 Å². The Hall–Kier alpha value is -3.81. The molecule has 1 saturated heterocycles. The molecule has 2 aromatic rings. The van der Waals surface area contributed by atoms with E-state index in [0.717, 1.165) is 12.0 Å². The number of imide groups is 1. The molecule has 2 aromatic carbocycles. The lowest BCUT2D eigenvalue weighted by molar-refractivity contribution is -0.136. The summed E-state index contributed by atoms with van der Waals surface area (Å²) < 4.78 is 5.92. The number of nitrogens with two attached hydrogens (primary N) is 1. The van der Waals surface area contributed by atoms with Gasteiger partial charge in [0.2, 0.25) is 11.8 Å². The molecule has 172 valence electrons. The van der Waals surface area contributed by atoms with Crippen molar-refractivity contribution in [3.05, 3.63) is 77.1 Å². The molecule has 0 bridgehead atoms. The number of piperidine rings is 1. The van der Waals surface area contributed by atoms with Crippen LogP contribution in [0.4, 0.5) is 0 Å². The number of ether oxygens (including phenoxy) is 1. The largest absolute Gasteiger partial charge is 0.487 e. The first-order valence-corrected chi connectivity index (χ1v) is 11.1. The summed E-state index contributed by atoms with van der Waals surface area (Å²) in [7, 11) is 0. The third kappa shape index (κ3) is 5.16. The molecule has 2 atom stereocenters. The summed E-state index contributed by atoms with van der Waals surface area (Å²) in [6, 6.07) is 15.0. The molecule has 3 amide bonds. The van der Waals surface area contributed by atoms with Crippen molar-refractivity contribution in [2.45, 2.75) is 44.8 Å². The quantitative estimate of drug-likeness (QED) is 0.531. The van der Waals surface area contributed by atoms with Gasteiger partial charge in [0.25, 0.3) is 5.91 Å². The molecule has 1 unspecified atom stereocenters. The van der Waals surface area contributed by atoms with Gasteiger partial charge in [-0.25, -0.2) is 0 Å². The van der Waals surface area contributed by atoms with Gasteiger partial charge in [-0.1, -0.05) is 36.4 Å². The zero-order chi connectivity index (χ0) is 23.4. The summed E-state index contributed by atoms with van der Waals surface area (Å²) in [5, 5.41) is 5.60.